The Labute approximate surface area is 143 Å². The lowest BCUT2D eigenvalue weighted by Gasteiger charge is -2.27. The molecule has 5 nitrogen and oxygen atoms in total. The van der Waals surface area contributed by atoms with E-state index in [0.29, 0.717) is 18.5 Å². The van der Waals surface area contributed by atoms with E-state index < -0.39 is 0 Å². The molecule has 0 atom stereocenters. The zero-order valence-corrected chi connectivity index (χ0v) is 15.0. The zero-order chi connectivity index (χ0) is 17.9. The van der Waals surface area contributed by atoms with E-state index in [1.165, 1.54) is 0 Å². The van der Waals surface area contributed by atoms with Gasteiger partial charge in [-0.05, 0) is 45.4 Å². The van der Waals surface area contributed by atoms with Gasteiger partial charge in [-0.3, -0.25) is 9.48 Å². The van der Waals surface area contributed by atoms with Crippen molar-refractivity contribution >= 4 is 5.91 Å². The van der Waals surface area contributed by atoms with Crippen LogP contribution >= 0.6 is 0 Å². The van der Waals surface area contributed by atoms with Crippen molar-refractivity contribution < 1.29 is 4.79 Å². The molecule has 0 fully saturated rings. The highest BCUT2D eigenvalue weighted by atomic mass is 16.2. The van der Waals surface area contributed by atoms with Crippen LogP contribution in [-0.4, -0.2) is 26.6 Å². The van der Waals surface area contributed by atoms with Crippen molar-refractivity contribution in [1.29, 1.82) is 5.26 Å². The smallest absolute Gasteiger partial charge is 0.227 e. The summed E-state index contributed by atoms with van der Waals surface area (Å²) in [6.45, 7) is 8.51. The fourth-order valence-corrected chi connectivity index (χ4v) is 2.77. The fourth-order valence-electron chi connectivity index (χ4n) is 2.77. The van der Waals surface area contributed by atoms with Crippen molar-refractivity contribution in [3.63, 3.8) is 0 Å². The quantitative estimate of drug-likeness (QED) is 0.849. The normalized spacial score (nSPS) is 10.7. The molecule has 2 rings (SSSR count). The number of hydrogen-bond acceptors (Lipinski definition) is 3. The molecule has 2 aromatic rings. The predicted octanol–water partition coefficient (Wildman–Crippen LogP) is 2.89. The highest BCUT2D eigenvalue weighted by Crippen LogP contribution is 2.16. The maximum atomic E-state index is 12.8. The summed E-state index contributed by atoms with van der Waals surface area (Å²) in [5.41, 5.74) is 4.60. The average Bonchev–Trinajstić information content (AvgIpc) is 2.79. The second-order valence-electron chi connectivity index (χ2n) is 6.37. The topological polar surface area (TPSA) is 61.9 Å². The van der Waals surface area contributed by atoms with Crippen LogP contribution in [0.3, 0.4) is 0 Å². The molecule has 0 radical (unpaired) electrons. The van der Waals surface area contributed by atoms with Crippen LogP contribution in [-0.2, 0) is 24.8 Å². The molecule has 1 aromatic heterocycles. The van der Waals surface area contributed by atoms with E-state index in [9.17, 15) is 4.79 Å². The van der Waals surface area contributed by atoms with E-state index in [1.807, 2.05) is 56.5 Å². The van der Waals surface area contributed by atoms with Gasteiger partial charge < -0.3 is 4.90 Å². The van der Waals surface area contributed by atoms with Gasteiger partial charge in [0.1, 0.15) is 0 Å². The lowest BCUT2D eigenvalue weighted by atomic mass is 10.1. The van der Waals surface area contributed by atoms with Crippen LogP contribution in [0.25, 0.3) is 0 Å². The van der Waals surface area contributed by atoms with Gasteiger partial charge in [0.2, 0.25) is 5.91 Å². The Balaban J connectivity index is 2.17. The number of rotatable bonds is 5. The summed E-state index contributed by atoms with van der Waals surface area (Å²) in [6.07, 6.45) is 0.361. The fraction of sp³-hybridized carbons (Fsp3) is 0.421. The van der Waals surface area contributed by atoms with Gasteiger partial charge in [0.05, 0.1) is 23.7 Å². The Bertz CT molecular complexity index is 766. The van der Waals surface area contributed by atoms with Gasteiger partial charge in [-0.1, -0.05) is 12.1 Å². The third-order valence-corrected chi connectivity index (χ3v) is 4.37. The first kappa shape index (κ1) is 17.7. The summed E-state index contributed by atoms with van der Waals surface area (Å²) in [7, 11) is 1.90. The molecule has 0 spiro atoms. The summed E-state index contributed by atoms with van der Waals surface area (Å²) < 4.78 is 1.82. The number of carbonyl (C=O) groups excluding carboxylic acids is 1. The average molecular weight is 324 g/mol. The minimum atomic E-state index is 0.0913. The second kappa shape index (κ2) is 7.31. The number of hydrogen-bond donors (Lipinski definition) is 0. The molecule has 0 unspecified atom stereocenters. The predicted molar refractivity (Wildman–Crippen MR) is 93.2 cm³/mol. The third kappa shape index (κ3) is 3.83. The van der Waals surface area contributed by atoms with Crippen LogP contribution < -0.4 is 0 Å². The molecule has 0 N–H and O–H groups in total. The first-order chi connectivity index (χ1) is 11.3. The van der Waals surface area contributed by atoms with Gasteiger partial charge in [-0.15, -0.1) is 0 Å². The molecular formula is C19H24N4O. The molecule has 0 aliphatic rings. The van der Waals surface area contributed by atoms with Crippen LogP contribution in [0.5, 0.6) is 0 Å². The Morgan fingerprint density at radius 2 is 1.92 bits per heavy atom. The van der Waals surface area contributed by atoms with E-state index in [1.54, 1.807) is 12.1 Å². The van der Waals surface area contributed by atoms with Crippen molar-refractivity contribution in [3.05, 3.63) is 52.3 Å². The summed E-state index contributed by atoms with van der Waals surface area (Å²) in [6, 6.07) is 9.59. The molecule has 0 saturated heterocycles. The lowest BCUT2D eigenvalue weighted by Crippen LogP contribution is -2.37. The van der Waals surface area contributed by atoms with Gasteiger partial charge in [-0.25, -0.2) is 0 Å². The number of carbonyl (C=O) groups is 1. The number of aromatic nitrogens is 2. The molecule has 1 aromatic carbocycles. The minimum Gasteiger partial charge on any atom is -0.336 e. The second-order valence-corrected chi connectivity index (χ2v) is 6.37. The number of nitriles is 1. The maximum absolute atomic E-state index is 12.8. The number of aryl methyl sites for hydroxylation is 2. The van der Waals surface area contributed by atoms with E-state index in [4.69, 9.17) is 5.26 Å². The van der Waals surface area contributed by atoms with Crippen molar-refractivity contribution in [2.75, 3.05) is 0 Å². The molecule has 0 bridgehead atoms. The molecule has 126 valence electrons. The molecule has 5 heteroatoms. The van der Waals surface area contributed by atoms with Crippen LogP contribution in [0.1, 0.15) is 41.9 Å². The van der Waals surface area contributed by atoms with Gasteiger partial charge in [0.25, 0.3) is 0 Å². The Hall–Kier alpha value is -2.61. The van der Waals surface area contributed by atoms with Crippen molar-refractivity contribution in [2.45, 2.75) is 46.7 Å². The first-order valence-electron chi connectivity index (χ1n) is 8.11. The summed E-state index contributed by atoms with van der Waals surface area (Å²) in [4.78, 5) is 14.7. The molecule has 0 aliphatic carbocycles. The summed E-state index contributed by atoms with van der Waals surface area (Å²) in [5, 5.41) is 13.3. The first-order valence-corrected chi connectivity index (χ1v) is 8.11. The van der Waals surface area contributed by atoms with E-state index in [-0.39, 0.29) is 11.9 Å². The molecule has 0 aliphatic heterocycles. The molecule has 0 saturated carbocycles. The van der Waals surface area contributed by atoms with Gasteiger partial charge in [0.15, 0.2) is 0 Å². The van der Waals surface area contributed by atoms with Crippen LogP contribution in [0.2, 0.25) is 0 Å². The minimum absolute atomic E-state index is 0.0913. The van der Waals surface area contributed by atoms with Crippen LogP contribution in [0.4, 0.5) is 0 Å². The third-order valence-electron chi connectivity index (χ3n) is 4.37. The van der Waals surface area contributed by atoms with Crippen molar-refractivity contribution in [2.24, 2.45) is 7.05 Å². The molecular weight excluding hydrogens is 300 g/mol. The molecule has 1 amide bonds. The van der Waals surface area contributed by atoms with Crippen LogP contribution in [0, 0.1) is 25.2 Å². The van der Waals surface area contributed by atoms with Crippen LogP contribution in [0.15, 0.2) is 24.3 Å². The molecule has 24 heavy (non-hydrogen) atoms. The van der Waals surface area contributed by atoms with Gasteiger partial charge in [0, 0.05) is 30.9 Å². The van der Waals surface area contributed by atoms with Gasteiger partial charge >= 0.3 is 0 Å². The number of benzene rings is 1. The van der Waals surface area contributed by atoms with E-state index >= 15 is 0 Å². The lowest BCUT2D eigenvalue weighted by molar-refractivity contribution is -0.132. The Morgan fingerprint density at radius 1 is 1.29 bits per heavy atom. The maximum Gasteiger partial charge on any atom is 0.227 e. The van der Waals surface area contributed by atoms with Crippen molar-refractivity contribution in [1.82, 2.24) is 14.7 Å². The Kier molecular flexibility index (Phi) is 5.40. The van der Waals surface area contributed by atoms with E-state index in [2.05, 4.69) is 11.2 Å². The van der Waals surface area contributed by atoms with E-state index in [0.717, 1.165) is 22.5 Å². The highest BCUT2D eigenvalue weighted by molar-refractivity contribution is 5.79. The SMILES string of the molecule is Cc1nn(C)c(C)c1CC(=O)N(Cc1ccc(C#N)cc1)C(C)C. The molecule has 1 heterocycles. The number of amides is 1. The Morgan fingerprint density at radius 3 is 2.38 bits per heavy atom. The standard InChI is InChI=1S/C19H24N4O/c1-13(2)23(12-17-8-6-16(11-20)7-9-17)19(24)10-18-14(3)21-22(5)15(18)4/h6-9,13H,10,12H2,1-5H3. The van der Waals surface area contributed by atoms with Gasteiger partial charge in [-0.2, -0.15) is 10.4 Å². The highest BCUT2D eigenvalue weighted by Gasteiger charge is 2.21. The largest absolute Gasteiger partial charge is 0.336 e. The summed E-state index contributed by atoms with van der Waals surface area (Å²) >= 11 is 0. The summed E-state index contributed by atoms with van der Waals surface area (Å²) in [5.74, 6) is 0.0913. The zero-order valence-electron chi connectivity index (χ0n) is 15.0. The number of nitrogens with zero attached hydrogens (tertiary/aromatic N) is 4. The van der Waals surface area contributed by atoms with Crippen molar-refractivity contribution in [3.8, 4) is 6.07 Å². The monoisotopic (exact) mass is 324 g/mol.